The van der Waals surface area contributed by atoms with Crippen molar-refractivity contribution in [3.05, 3.63) is 18.2 Å². The molecule has 1 aromatic rings. The first-order valence-electron chi connectivity index (χ1n) is 6.04. The second-order valence-electron chi connectivity index (χ2n) is 4.19. The summed E-state index contributed by atoms with van der Waals surface area (Å²) in [6.07, 6.45) is 0. The van der Waals surface area contributed by atoms with Gasteiger partial charge in [0.15, 0.2) is 5.75 Å². The molecule has 0 fully saturated rings. The van der Waals surface area contributed by atoms with E-state index in [2.05, 4.69) is 0 Å². The third-order valence-electron chi connectivity index (χ3n) is 2.32. The van der Waals surface area contributed by atoms with Gasteiger partial charge in [0, 0.05) is 33.8 Å². The first kappa shape index (κ1) is 16.4. The van der Waals surface area contributed by atoms with Gasteiger partial charge in [0.2, 0.25) is 11.8 Å². The third-order valence-corrected chi connectivity index (χ3v) is 2.32. The molecule has 0 unspecified atom stereocenters. The second kappa shape index (κ2) is 6.65. The van der Waals surface area contributed by atoms with Gasteiger partial charge >= 0.3 is 11.9 Å². The Bertz CT molecular complexity index is 593. The number of hydrogen-bond acceptors (Lipinski definition) is 6. The number of rotatable bonds is 3. The Hall–Kier alpha value is -2.70. The number of imide groups is 1. The van der Waals surface area contributed by atoms with Gasteiger partial charge in [-0.15, -0.1) is 0 Å². The quantitative estimate of drug-likeness (QED) is 0.618. The van der Waals surface area contributed by atoms with Crippen LogP contribution in [0.15, 0.2) is 18.2 Å². The Morgan fingerprint density at radius 1 is 0.857 bits per heavy atom. The molecule has 0 aromatic heterocycles. The van der Waals surface area contributed by atoms with Gasteiger partial charge in [-0.3, -0.25) is 19.2 Å². The number of ether oxygens (including phenoxy) is 2. The number of amides is 2. The molecule has 0 bridgehead atoms. The normalized spacial score (nSPS) is 9.71. The summed E-state index contributed by atoms with van der Waals surface area (Å²) >= 11 is 0. The van der Waals surface area contributed by atoms with Gasteiger partial charge in [0.05, 0.1) is 5.69 Å². The molecule has 2 amide bonds. The number of hydrogen-bond donors (Lipinski definition) is 0. The maximum Gasteiger partial charge on any atom is 0.308 e. The molecule has 0 spiro atoms. The number of anilines is 1. The van der Waals surface area contributed by atoms with E-state index >= 15 is 0 Å². The van der Waals surface area contributed by atoms with E-state index in [1.54, 1.807) is 0 Å². The van der Waals surface area contributed by atoms with E-state index in [0.29, 0.717) is 0 Å². The molecule has 0 heterocycles. The number of carbonyl (C=O) groups excluding carboxylic acids is 4. The van der Waals surface area contributed by atoms with E-state index in [0.717, 1.165) is 4.90 Å². The zero-order valence-corrected chi connectivity index (χ0v) is 12.1. The summed E-state index contributed by atoms with van der Waals surface area (Å²) in [5.74, 6) is -2.16. The van der Waals surface area contributed by atoms with Crippen LogP contribution in [0, 0.1) is 0 Å². The maximum absolute atomic E-state index is 11.6. The van der Waals surface area contributed by atoms with Crippen LogP contribution in [-0.2, 0) is 19.2 Å². The third kappa shape index (κ3) is 4.41. The van der Waals surface area contributed by atoms with Crippen LogP contribution in [0.25, 0.3) is 0 Å². The van der Waals surface area contributed by atoms with Gasteiger partial charge in [-0.2, -0.15) is 0 Å². The predicted molar refractivity (Wildman–Crippen MR) is 72.9 cm³/mol. The van der Waals surface area contributed by atoms with Crippen molar-refractivity contribution < 1.29 is 28.7 Å². The summed E-state index contributed by atoms with van der Waals surface area (Å²) in [6.45, 7) is 4.81. The molecule has 0 aliphatic rings. The molecule has 0 radical (unpaired) electrons. The Morgan fingerprint density at radius 2 is 1.38 bits per heavy atom. The average Bonchev–Trinajstić information content (AvgIpc) is 2.29. The lowest BCUT2D eigenvalue weighted by Crippen LogP contribution is -2.33. The summed E-state index contributed by atoms with van der Waals surface area (Å²) in [7, 11) is 0. The lowest BCUT2D eigenvalue weighted by Gasteiger charge is -2.20. The van der Waals surface area contributed by atoms with Crippen molar-refractivity contribution >= 4 is 29.4 Å². The van der Waals surface area contributed by atoms with Crippen LogP contribution < -0.4 is 14.4 Å². The second-order valence-corrected chi connectivity index (χ2v) is 4.19. The molecule has 0 aliphatic carbocycles. The van der Waals surface area contributed by atoms with Gasteiger partial charge in [-0.25, -0.2) is 4.90 Å². The zero-order valence-electron chi connectivity index (χ0n) is 12.1. The molecule has 0 saturated carbocycles. The van der Waals surface area contributed by atoms with E-state index < -0.39 is 23.8 Å². The van der Waals surface area contributed by atoms with E-state index in [4.69, 9.17) is 9.47 Å². The molecule has 0 saturated heterocycles. The van der Waals surface area contributed by atoms with Gasteiger partial charge < -0.3 is 9.47 Å². The van der Waals surface area contributed by atoms with E-state index in [9.17, 15) is 19.2 Å². The SMILES string of the molecule is CC(=O)Oc1ccc(N(C(C)=O)C(C)=O)c(OC(C)=O)c1. The fraction of sp³-hybridized carbons (Fsp3) is 0.286. The molecule has 21 heavy (non-hydrogen) atoms. The van der Waals surface area contributed by atoms with Crippen LogP contribution in [0.5, 0.6) is 11.5 Å². The van der Waals surface area contributed by atoms with E-state index in [1.165, 1.54) is 45.9 Å². The highest BCUT2D eigenvalue weighted by atomic mass is 16.5. The van der Waals surface area contributed by atoms with Crippen molar-refractivity contribution in [3.63, 3.8) is 0 Å². The molecule has 1 rings (SSSR count). The number of nitrogens with zero attached hydrogens (tertiary/aromatic N) is 1. The first-order chi connectivity index (χ1) is 9.72. The van der Waals surface area contributed by atoms with Crippen LogP contribution in [-0.4, -0.2) is 23.8 Å². The van der Waals surface area contributed by atoms with Crippen LogP contribution in [0.2, 0.25) is 0 Å². The van der Waals surface area contributed by atoms with Crippen molar-refractivity contribution in [1.82, 2.24) is 0 Å². The lowest BCUT2D eigenvalue weighted by atomic mass is 10.2. The Kier molecular flexibility index (Phi) is 5.18. The average molecular weight is 293 g/mol. The molecular weight excluding hydrogens is 278 g/mol. The minimum absolute atomic E-state index is 0.0494. The Morgan fingerprint density at radius 3 is 1.81 bits per heavy atom. The molecule has 0 N–H and O–H groups in total. The molecular formula is C14H15NO6. The van der Waals surface area contributed by atoms with Gasteiger partial charge in [-0.1, -0.05) is 0 Å². The Labute approximate surface area is 121 Å². The molecule has 7 nitrogen and oxygen atoms in total. The molecule has 0 aliphatic heterocycles. The fourth-order valence-electron chi connectivity index (χ4n) is 1.71. The minimum atomic E-state index is -0.636. The topological polar surface area (TPSA) is 90.0 Å². The molecule has 112 valence electrons. The van der Waals surface area contributed by atoms with Crippen molar-refractivity contribution in [2.75, 3.05) is 4.90 Å². The van der Waals surface area contributed by atoms with Crippen LogP contribution in [0.1, 0.15) is 27.7 Å². The highest BCUT2D eigenvalue weighted by molar-refractivity contribution is 6.14. The highest BCUT2D eigenvalue weighted by Crippen LogP contribution is 2.33. The van der Waals surface area contributed by atoms with E-state index in [-0.39, 0.29) is 17.2 Å². The summed E-state index contributed by atoms with van der Waals surface area (Å²) in [4.78, 5) is 46.1. The smallest absolute Gasteiger partial charge is 0.308 e. The monoisotopic (exact) mass is 293 g/mol. The fourth-order valence-corrected chi connectivity index (χ4v) is 1.71. The number of benzene rings is 1. The Balaban J connectivity index is 3.35. The minimum Gasteiger partial charge on any atom is -0.427 e. The molecule has 0 atom stereocenters. The van der Waals surface area contributed by atoms with Crippen LogP contribution in [0.4, 0.5) is 5.69 Å². The standard InChI is InChI=1S/C14H15NO6/c1-8(16)15(9(2)17)13-6-5-12(20-10(3)18)7-14(13)21-11(4)19/h5-7H,1-4H3. The van der Waals surface area contributed by atoms with Gasteiger partial charge in [0.25, 0.3) is 0 Å². The number of esters is 2. The first-order valence-corrected chi connectivity index (χ1v) is 6.04. The van der Waals surface area contributed by atoms with Crippen molar-refractivity contribution in [2.24, 2.45) is 0 Å². The van der Waals surface area contributed by atoms with Crippen molar-refractivity contribution in [1.29, 1.82) is 0 Å². The highest BCUT2D eigenvalue weighted by Gasteiger charge is 2.22. The largest absolute Gasteiger partial charge is 0.427 e. The summed E-state index contributed by atoms with van der Waals surface area (Å²) in [5, 5.41) is 0. The predicted octanol–water partition coefficient (Wildman–Crippen LogP) is 1.44. The summed E-state index contributed by atoms with van der Waals surface area (Å²) < 4.78 is 9.85. The number of carbonyl (C=O) groups is 4. The van der Waals surface area contributed by atoms with Crippen LogP contribution in [0.3, 0.4) is 0 Å². The summed E-state index contributed by atoms with van der Waals surface area (Å²) in [5.41, 5.74) is 0.0982. The van der Waals surface area contributed by atoms with Crippen molar-refractivity contribution in [3.8, 4) is 11.5 Å². The van der Waals surface area contributed by atoms with Crippen molar-refractivity contribution in [2.45, 2.75) is 27.7 Å². The van der Waals surface area contributed by atoms with Crippen LogP contribution >= 0.6 is 0 Å². The van der Waals surface area contributed by atoms with E-state index in [1.807, 2.05) is 0 Å². The lowest BCUT2D eigenvalue weighted by molar-refractivity contribution is -0.132. The summed E-state index contributed by atoms with van der Waals surface area (Å²) in [6, 6.07) is 4.01. The zero-order chi connectivity index (χ0) is 16.2. The maximum atomic E-state index is 11.6. The van der Waals surface area contributed by atoms with Gasteiger partial charge in [0.1, 0.15) is 5.75 Å². The van der Waals surface area contributed by atoms with Gasteiger partial charge in [-0.05, 0) is 12.1 Å². The molecule has 7 heteroatoms. The molecule has 1 aromatic carbocycles.